The molecule has 1 fully saturated rings. The Labute approximate surface area is 109 Å². The van der Waals surface area contributed by atoms with Gasteiger partial charge in [0.05, 0.1) is 12.1 Å². The molecule has 4 nitrogen and oxygen atoms in total. The molecule has 19 heavy (non-hydrogen) atoms. The Morgan fingerprint density at radius 3 is 2.79 bits per heavy atom. The molecule has 0 saturated carbocycles. The number of hydrogen-bond acceptors (Lipinski definition) is 3. The summed E-state index contributed by atoms with van der Waals surface area (Å²) in [6.07, 6.45) is 0.632. The van der Waals surface area contributed by atoms with Gasteiger partial charge in [-0.2, -0.15) is 0 Å². The quantitative estimate of drug-likeness (QED) is 0.849. The zero-order valence-corrected chi connectivity index (χ0v) is 10.5. The summed E-state index contributed by atoms with van der Waals surface area (Å²) in [7, 11) is 0. The van der Waals surface area contributed by atoms with Crippen molar-refractivity contribution in [2.75, 3.05) is 11.9 Å². The van der Waals surface area contributed by atoms with E-state index in [9.17, 15) is 18.4 Å². The molecule has 1 aliphatic rings. The van der Waals surface area contributed by atoms with Gasteiger partial charge in [0.15, 0.2) is 0 Å². The first-order chi connectivity index (χ1) is 9.02. The first-order valence-corrected chi connectivity index (χ1v) is 6.08. The molecule has 1 aliphatic heterocycles. The second kappa shape index (κ2) is 5.34. The highest BCUT2D eigenvalue weighted by Crippen LogP contribution is 2.21. The molecule has 1 atom stereocenters. The summed E-state index contributed by atoms with van der Waals surface area (Å²) in [5, 5.41) is 2.59. The van der Waals surface area contributed by atoms with Crippen LogP contribution < -0.4 is 5.32 Å². The fourth-order valence-corrected chi connectivity index (χ4v) is 2.05. The molecule has 1 heterocycles. The second-order valence-corrected chi connectivity index (χ2v) is 4.41. The molecule has 102 valence electrons. The van der Waals surface area contributed by atoms with Crippen molar-refractivity contribution in [1.29, 1.82) is 0 Å². The largest absolute Gasteiger partial charge is 0.371 e. The average Bonchev–Trinajstić information content (AvgIpc) is 2.62. The van der Waals surface area contributed by atoms with Gasteiger partial charge in [0.25, 0.3) is 5.91 Å². The van der Waals surface area contributed by atoms with E-state index in [1.54, 1.807) is 0 Å². The number of hydrogen-bond donors (Lipinski definition) is 1. The first-order valence-electron chi connectivity index (χ1n) is 6.08. The number of halogens is 2. The molecule has 0 bridgehead atoms. The standard InChI is InChI=1S/C13H14F2N2O2/c1-2-5-17-12(18)7-11(13(17)19)16-10-6-8(14)3-4-9(10)15/h3-4,6,11,16H,2,5,7H2,1H3. The number of nitrogens with one attached hydrogen (secondary N) is 1. The molecule has 0 aliphatic carbocycles. The predicted molar refractivity (Wildman–Crippen MR) is 65.4 cm³/mol. The molecule has 0 aromatic heterocycles. The van der Waals surface area contributed by atoms with E-state index >= 15 is 0 Å². The fourth-order valence-electron chi connectivity index (χ4n) is 2.05. The lowest BCUT2D eigenvalue weighted by Gasteiger charge is -2.15. The normalized spacial score (nSPS) is 19.1. The minimum atomic E-state index is -0.824. The van der Waals surface area contributed by atoms with Gasteiger partial charge in [-0.05, 0) is 24.6 Å². The van der Waals surface area contributed by atoms with Gasteiger partial charge in [-0.3, -0.25) is 14.5 Å². The molecule has 1 N–H and O–H groups in total. The van der Waals surface area contributed by atoms with Gasteiger partial charge in [-0.1, -0.05) is 6.92 Å². The van der Waals surface area contributed by atoms with Crippen molar-refractivity contribution >= 4 is 17.5 Å². The Balaban J connectivity index is 2.14. The number of benzene rings is 1. The van der Waals surface area contributed by atoms with E-state index in [4.69, 9.17) is 0 Å². The highest BCUT2D eigenvalue weighted by atomic mass is 19.1. The number of carbonyl (C=O) groups is 2. The van der Waals surface area contributed by atoms with Crippen LogP contribution in [0.2, 0.25) is 0 Å². The lowest BCUT2D eigenvalue weighted by molar-refractivity contribution is -0.138. The lowest BCUT2D eigenvalue weighted by Crippen LogP contribution is -2.35. The van der Waals surface area contributed by atoms with E-state index in [1.807, 2.05) is 6.92 Å². The molecule has 1 aromatic carbocycles. The summed E-state index contributed by atoms with van der Waals surface area (Å²) < 4.78 is 26.5. The average molecular weight is 268 g/mol. The Kier molecular flexibility index (Phi) is 3.78. The first kappa shape index (κ1) is 13.5. The van der Waals surface area contributed by atoms with Crippen molar-refractivity contribution in [3.8, 4) is 0 Å². The second-order valence-electron chi connectivity index (χ2n) is 4.41. The van der Waals surface area contributed by atoms with Gasteiger partial charge in [-0.25, -0.2) is 8.78 Å². The van der Waals surface area contributed by atoms with E-state index in [2.05, 4.69) is 5.32 Å². The van der Waals surface area contributed by atoms with Crippen LogP contribution in [0.5, 0.6) is 0 Å². The Morgan fingerprint density at radius 1 is 1.37 bits per heavy atom. The van der Waals surface area contributed by atoms with E-state index in [-0.39, 0.29) is 18.0 Å². The van der Waals surface area contributed by atoms with Gasteiger partial charge in [0.1, 0.15) is 17.7 Å². The molecule has 0 radical (unpaired) electrons. The predicted octanol–water partition coefficient (Wildman–Crippen LogP) is 1.91. The van der Waals surface area contributed by atoms with Crippen molar-refractivity contribution < 1.29 is 18.4 Å². The monoisotopic (exact) mass is 268 g/mol. The zero-order chi connectivity index (χ0) is 14.0. The zero-order valence-electron chi connectivity index (χ0n) is 10.5. The summed E-state index contributed by atoms with van der Waals surface area (Å²) in [5.41, 5.74) is -0.107. The van der Waals surface area contributed by atoms with Crippen LogP contribution >= 0.6 is 0 Å². The molecule has 0 spiro atoms. The van der Waals surface area contributed by atoms with Gasteiger partial charge >= 0.3 is 0 Å². The van der Waals surface area contributed by atoms with E-state index < -0.39 is 23.6 Å². The van der Waals surface area contributed by atoms with Crippen molar-refractivity contribution in [2.45, 2.75) is 25.8 Å². The third-order valence-corrected chi connectivity index (χ3v) is 2.95. The summed E-state index contributed by atoms with van der Waals surface area (Å²) in [5.74, 6) is -1.95. The molecular formula is C13H14F2N2O2. The number of nitrogens with zero attached hydrogens (tertiary/aromatic N) is 1. The van der Waals surface area contributed by atoms with Crippen LogP contribution in [-0.4, -0.2) is 29.3 Å². The fraction of sp³-hybridized carbons (Fsp3) is 0.385. The maximum Gasteiger partial charge on any atom is 0.252 e. The van der Waals surface area contributed by atoms with Crippen LogP contribution in [-0.2, 0) is 9.59 Å². The topological polar surface area (TPSA) is 49.4 Å². The molecule has 2 amide bonds. The van der Waals surface area contributed by atoms with Crippen molar-refractivity contribution in [3.05, 3.63) is 29.8 Å². The third kappa shape index (κ3) is 2.72. The Bertz CT molecular complexity index is 519. The van der Waals surface area contributed by atoms with E-state index in [0.717, 1.165) is 23.1 Å². The third-order valence-electron chi connectivity index (χ3n) is 2.95. The van der Waals surface area contributed by atoms with Gasteiger partial charge in [0, 0.05) is 6.54 Å². The van der Waals surface area contributed by atoms with Crippen molar-refractivity contribution in [3.63, 3.8) is 0 Å². The van der Waals surface area contributed by atoms with Crippen LogP contribution in [0.25, 0.3) is 0 Å². The smallest absolute Gasteiger partial charge is 0.252 e. The van der Waals surface area contributed by atoms with Gasteiger partial charge in [-0.15, -0.1) is 0 Å². The van der Waals surface area contributed by atoms with Crippen LogP contribution in [0, 0.1) is 11.6 Å². The number of imide groups is 1. The maximum absolute atomic E-state index is 13.5. The van der Waals surface area contributed by atoms with Crippen molar-refractivity contribution in [2.24, 2.45) is 0 Å². The molecule has 1 unspecified atom stereocenters. The summed E-state index contributed by atoms with van der Waals surface area (Å²) >= 11 is 0. The highest BCUT2D eigenvalue weighted by molar-refractivity contribution is 6.06. The summed E-state index contributed by atoms with van der Waals surface area (Å²) in [6, 6.07) is 2.11. The minimum Gasteiger partial charge on any atom is -0.371 e. The number of likely N-dealkylation sites (tertiary alicyclic amines) is 1. The van der Waals surface area contributed by atoms with E-state index in [0.29, 0.717) is 13.0 Å². The Morgan fingerprint density at radius 2 is 2.11 bits per heavy atom. The van der Waals surface area contributed by atoms with E-state index in [1.165, 1.54) is 0 Å². The number of carbonyl (C=O) groups excluding carboxylic acids is 2. The maximum atomic E-state index is 13.5. The number of rotatable bonds is 4. The molecule has 1 aromatic rings. The Hall–Kier alpha value is -1.98. The number of anilines is 1. The van der Waals surface area contributed by atoms with Crippen LogP contribution in [0.1, 0.15) is 19.8 Å². The minimum absolute atomic E-state index is 0.0329. The van der Waals surface area contributed by atoms with Crippen LogP contribution in [0.4, 0.5) is 14.5 Å². The van der Waals surface area contributed by atoms with Crippen molar-refractivity contribution in [1.82, 2.24) is 4.90 Å². The summed E-state index contributed by atoms with van der Waals surface area (Å²) in [6.45, 7) is 2.20. The molecule has 2 rings (SSSR count). The number of amides is 2. The molecule has 1 saturated heterocycles. The van der Waals surface area contributed by atoms with Crippen LogP contribution in [0.3, 0.4) is 0 Å². The highest BCUT2D eigenvalue weighted by Gasteiger charge is 2.38. The molecule has 6 heteroatoms. The van der Waals surface area contributed by atoms with Crippen LogP contribution in [0.15, 0.2) is 18.2 Å². The van der Waals surface area contributed by atoms with Gasteiger partial charge < -0.3 is 5.32 Å². The lowest BCUT2D eigenvalue weighted by atomic mass is 10.2. The molecular weight excluding hydrogens is 254 g/mol. The summed E-state index contributed by atoms with van der Waals surface area (Å²) in [4.78, 5) is 24.7. The van der Waals surface area contributed by atoms with Gasteiger partial charge in [0.2, 0.25) is 5.91 Å². The SMILES string of the molecule is CCCN1C(=O)CC(Nc2cc(F)ccc2F)C1=O.